The van der Waals surface area contributed by atoms with Crippen molar-refractivity contribution in [3.8, 4) is 0 Å². The average Bonchev–Trinajstić information content (AvgIpc) is 2.70. The van der Waals surface area contributed by atoms with E-state index in [0.29, 0.717) is 0 Å². The Hall–Kier alpha value is -2.24. The zero-order valence-electron chi connectivity index (χ0n) is 10.7. The van der Waals surface area contributed by atoms with Gasteiger partial charge < -0.3 is 5.32 Å². The van der Waals surface area contributed by atoms with Gasteiger partial charge in [0.25, 0.3) is 5.91 Å². The fraction of sp³-hybridized carbons (Fsp3) is 0.308. The highest BCUT2D eigenvalue weighted by molar-refractivity contribution is 6.08. The van der Waals surface area contributed by atoms with Crippen LogP contribution < -0.4 is 10.6 Å². The van der Waals surface area contributed by atoms with Crippen LogP contribution in [0.2, 0.25) is 0 Å². The average molecular weight is 270 g/mol. The van der Waals surface area contributed by atoms with Crippen LogP contribution in [0.1, 0.15) is 33.5 Å². The van der Waals surface area contributed by atoms with Gasteiger partial charge in [0, 0.05) is 2.85 Å². The second-order valence-electron chi connectivity index (χ2n) is 3.62. The molecule has 1 aliphatic rings. The van der Waals surface area contributed by atoms with Gasteiger partial charge in [-0.25, -0.2) is 4.39 Å². The molecule has 0 aromatic heterocycles. The van der Waals surface area contributed by atoms with Crippen LogP contribution in [-0.4, -0.2) is 23.8 Å². The molecule has 1 saturated heterocycles. The molecule has 1 aromatic rings. The zero-order valence-corrected chi connectivity index (χ0v) is 10.7. The molecule has 0 aliphatic carbocycles. The van der Waals surface area contributed by atoms with E-state index in [1.165, 1.54) is 18.2 Å². The summed E-state index contributed by atoms with van der Waals surface area (Å²) in [5.74, 6) is -2.40. The van der Waals surface area contributed by atoms with E-state index >= 15 is 0 Å². The number of rotatable bonds is 2. The third-order valence-electron chi connectivity index (χ3n) is 2.39. The number of benzene rings is 1. The Labute approximate surface area is 113 Å². The molecule has 0 bridgehead atoms. The van der Waals surface area contributed by atoms with E-state index in [1.807, 2.05) is 13.8 Å². The Morgan fingerprint density at radius 2 is 2.00 bits per heavy atom. The van der Waals surface area contributed by atoms with Crippen LogP contribution >= 0.6 is 0 Å². The predicted octanol–water partition coefficient (Wildman–Crippen LogP) is 1.49. The smallest absolute Gasteiger partial charge is 0.254 e. The highest BCUT2D eigenvalue weighted by Gasteiger charge is 2.32. The molecule has 0 unspecified atom stereocenters. The summed E-state index contributed by atoms with van der Waals surface area (Å²) >= 11 is 0. The lowest BCUT2D eigenvalue weighted by molar-refractivity contribution is -0.125. The minimum atomic E-state index is -0.922. The first-order valence-corrected chi connectivity index (χ1v) is 5.97. The Balaban J connectivity index is 0. The summed E-state index contributed by atoms with van der Waals surface area (Å²) < 4.78 is 13.3. The number of hydrogen-bond donors (Lipinski definition) is 2. The molecule has 0 spiro atoms. The van der Waals surface area contributed by atoms with Crippen LogP contribution in [0, 0.1) is 5.82 Å². The number of amides is 3. The maximum absolute atomic E-state index is 13.3. The van der Waals surface area contributed by atoms with E-state index in [1.54, 1.807) is 0 Å². The van der Waals surface area contributed by atoms with Gasteiger partial charge in [-0.3, -0.25) is 19.7 Å². The lowest BCUT2D eigenvalue weighted by Gasteiger charge is -2.09. The molecular formula is C13H19FN2O3. The number of carbonyl (C=O) groups is 3. The third-order valence-corrected chi connectivity index (χ3v) is 2.39. The minimum Gasteiger partial charge on any atom is -0.340 e. The molecule has 106 valence electrons. The van der Waals surface area contributed by atoms with Crippen molar-refractivity contribution in [3.63, 3.8) is 0 Å². The molecule has 1 fully saturated rings. The first-order chi connectivity index (χ1) is 9.08. The molecule has 1 heterocycles. The molecule has 19 heavy (non-hydrogen) atoms. The Kier molecular flexibility index (Phi) is 5.17. The standard InChI is InChI=1S/C11H9FN2O3.C2H6.2H2/c12-7-4-2-1-3-6(7)10(16)13-8-5-9(15)14-11(8)17;1-2;;/h1-4,8H,5H2,(H,13,16)(H,14,15,17);1-2H3;2*1H/t8-;;;/m1.../s1. The van der Waals surface area contributed by atoms with E-state index in [2.05, 4.69) is 10.6 Å². The van der Waals surface area contributed by atoms with Gasteiger partial charge in [-0.05, 0) is 12.1 Å². The van der Waals surface area contributed by atoms with Crippen molar-refractivity contribution in [3.05, 3.63) is 35.6 Å². The Morgan fingerprint density at radius 1 is 1.37 bits per heavy atom. The normalized spacial score (nSPS) is 17.3. The fourth-order valence-electron chi connectivity index (χ4n) is 1.55. The molecule has 0 radical (unpaired) electrons. The van der Waals surface area contributed by atoms with Crippen LogP contribution in [0.3, 0.4) is 0 Å². The maximum atomic E-state index is 13.3. The van der Waals surface area contributed by atoms with Crippen molar-refractivity contribution in [2.24, 2.45) is 0 Å². The lowest BCUT2D eigenvalue weighted by atomic mass is 10.1. The van der Waals surface area contributed by atoms with Crippen molar-refractivity contribution in [1.29, 1.82) is 0 Å². The van der Waals surface area contributed by atoms with Crippen molar-refractivity contribution in [1.82, 2.24) is 10.6 Å². The van der Waals surface area contributed by atoms with Gasteiger partial charge in [-0.1, -0.05) is 26.0 Å². The minimum absolute atomic E-state index is 0. The van der Waals surface area contributed by atoms with Crippen molar-refractivity contribution in [2.45, 2.75) is 26.3 Å². The van der Waals surface area contributed by atoms with Gasteiger partial charge in [-0.15, -0.1) is 0 Å². The molecule has 1 aromatic carbocycles. The van der Waals surface area contributed by atoms with Crippen LogP contribution in [0.15, 0.2) is 24.3 Å². The third kappa shape index (κ3) is 3.61. The molecule has 3 amide bonds. The summed E-state index contributed by atoms with van der Waals surface area (Å²) in [7, 11) is 0. The molecule has 0 saturated carbocycles. The highest BCUT2D eigenvalue weighted by atomic mass is 19.1. The fourth-order valence-corrected chi connectivity index (χ4v) is 1.55. The second-order valence-corrected chi connectivity index (χ2v) is 3.62. The Bertz CT molecular complexity index is 512. The summed E-state index contributed by atoms with van der Waals surface area (Å²) in [5, 5.41) is 4.36. The van der Waals surface area contributed by atoms with Crippen LogP contribution in [0.4, 0.5) is 4.39 Å². The number of nitrogens with one attached hydrogen (secondary N) is 2. The monoisotopic (exact) mass is 270 g/mol. The molecule has 2 rings (SSSR count). The van der Waals surface area contributed by atoms with Gasteiger partial charge in [0.15, 0.2) is 0 Å². The number of hydrogen-bond acceptors (Lipinski definition) is 3. The van der Waals surface area contributed by atoms with Crippen LogP contribution in [-0.2, 0) is 9.59 Å². The molecule has 2 N–H and O–H groups in total. The highest BCUT2D eigenvalue weighted by Crippen LogP contribution is 2.08. The first kappa shape index (κ1) is 14.8. The van der Waals surface area contributed by atoms with Gasteiger partial charge in [0.1, 0.15) is 11.9 Å². The van der Waals surface area contributed by atoms with E-state index in [-0.39, 0.29) is 14.8 Å². The first-order valence-electron chi connectivity index (χ1n) is 5.97. The molecule has 1 aliphatic heterocycles. The number of halogens is 1. The van der Waals surface area contributed by atoms with Gasteiger partial charge >= 0.3 is 0 Å². The van der Waals surface area contributed by atoms with Crippen molar-refractivity contribution in [2.75, 3.05) is 0 Å². The van der Waals surface area contributed by atoms with E-state index in [0.717, 1.165) is 6.07 Å². The quantitative estimate of drug-likeness (QED) is 0.799. The summed E-state index contributed by atoms with van der Waals surface area (Å²) in [6.07, 6.45) is -0.112. The maximum Gasteiger partial charge on any atom is 0.254 e. The number of carbonyl (C=O) groups excluding carboxylic acids is 3. The zero-order chi connectivity index (χ0) is 14.4. The predicted molar refractivity (Wildman–Crippen MR) is 71.0 cm³/mol. The lowest BCUT2D eigenvalue weighted by Crippen LogP contribution is -2.40. The summed E-state index contributed by atoms with van der Waals surface area (Å²) in [6, 6.07) is 4.50. The van der Waals surface area contributed by atoms with E-state index in [4.69, 9.17) is 0 Å². The summed E-state index contributed by atoms with van der Waals surface area (Å²) in [4.78, 5) is 33.7. The van der Waals surface area contributed by atoms with E-state index < -0.39 is 29.6 Å². The van der Waals surface area contributed by atoms with E-state index in [9.17, 15) is 18.8 Å². The van der Waals surface area contributed by atoms with Crippen molar-refractivity contribution < 1.29 is 21.6 Å². The summed E-state index contributed by atoms with van der Waals surface area (Å²) in [6.45, 7) is 4.00. The van der Waals surface area contributed by atoms with Gasteiger partial charge in [-0.2, -0.15) is 0 Å². The number of imide groups is 1. The SMILES string of the molecule is CC.O=C1C[C@@H](NC(=O)c2ccccc2F)C(=O)N1.[HH].[HH]. The van der Waals surface area contributed by atoms with Crippen LogP contribution in [0.5, 0.6) is 0 Å². The molecule has 1 atom stereocenters. The Morgan fingerprint density at radius 3 is 2.53 bits per heavy atom. The molecule has 5 nitrogen and oxygen atoms in total. The second kappa shape index (κ2) is 6.63. The molecular weight excluding hydrogens is 251 g/mol. The summed E-state index contributed by atoms with van der Waals surface area (Å²) in [5.41, 5.74) is -0.153. The van der Waals surface area contributed by atoms with Crippen molar-refractivity contribution >= 4 is 17.7 Å². The topological polar surface area (TPSA) is 75.3 Å². The van der Waals surface area contributed by atoms with Gasteiger partial charge in [0.2, 0.25) is 11.8 Å². The van der Waals surface area contributed by atoms with Crippen LogP contribution in [0.25, 0.3) is 0 Å². The van der Waals surface area contributed by atoms with Gasteiger partial charge in [0.05, 0.1) is 12.0 Å². The largest absolute Gasteiger partial charge is 0.340 e. The molecule has 6 heteroatoms.